The molecule has 17 heavy (non-hydrogen) atoms. The van der Waals surface area contributed by atoms with Gasteiger partial charge in [-0.15, -0.1) is 0 Å². The van der Waals surface area contributed by atoms with Crippen molar-refractivity contribution in [3.63, 3.8) is 0 Å². The number of hydrogen-bond donors (Lipinski definition) is 1. The summed E-state index contributed by atoms with van der Waals surface area (Å²) < 4.78 is 4.70. The number of fused-ring (bicyclic) bond motifs is 1. The lowest BCUT2D eigenvalue weighted by molar-refractivity contribution is 0.699. The van der Waals surface area contributed by atoms with Gasteiger partial charge in [-0.25, -0.2) is 0 Å². The van der Waals surface area contributed by atoms with E-state index in [1.165, 1.54) is 0 Å². The molecule has 2 heterocycles. The number of nitrogens with one attached hydrogen (secondary N) is 1. The molecule has 2 rings (SSSR count). The molecule has 0 fully saturated rings. The van der Waals surface area contributed by atoms with Crippen molar-refractivity contribution in [2.24, 2.45) is 7.05 Å². The Balaban J connectivity index is 2.65. The number of imidazole rings is 1. The summed E-state index contributed by atoms with van der Waals surface area (Å²) in [7, 11) is 1.96. The predicted molar refractivity (Wildman–Crippen MR) is 72.7 cm³/mol. The molecule has 2 aromatic rings. The number of aryl methyl sites for hydroxylation is 2. The van der Waals surface area contributed by atoms with Crippen molar-refractivity contribution >= 4 is 23.4 Å². The van der Waals surface area contributed by atoms with Crippen LogP contribution in [0.1, 0.15) is 26.0 Å². The highest BCUT2D eigenvalue weighted by Crippen LogP contribution is 2.19. The van der Waals surface area contributed by atoms with Gasteiger partial charge in [0.25, 0.3) is 0 Å². The van der Waals surface area contributed by atoms with Crippen LogP contribution in [0.3, 0.4) is 0 Å². The minimum absolute atomic E-state index is 0.740. The van der Waals surface area contributed by atoms with Gasteiger partial charge in [0.15, 0.2) is 10.4 Å². The van der Waals surface area contributed by atoms with Gasteiger partial charge < -0.3 is 4.98 Å². The number of aromatic amines is 1. The molecule has 5 heteroatoms. The number of aromatic nitrogens is 4. The molecule has 0 amide bonds. The maximum atomic E-state index is 5.35. The molecule has 0 bridgehead atoms. The quantitative estimate of drug-likeness (QED) is 0.669. The third-order valence-corrected chi connectivity index (χ3v) is 3.06. The van der Waals surface area contributed by atoms with Crippen molar-refractivity contribution in [1.29, 1.82) is 0 Å². The zero-order valence-corrected chi connectivity index (χ0v) is 11.4. The van der Waals surface area contributed by atoms with E-state index >= 15 is 0 Å². The van der Waals surface area contributed by atoms with Gasteiger partial charge in [-0.3, -0.25) is 9.25 Å². The first-order valence-electron chi connectivity index (χ1n) is 5.83. The highest BCUT2D eigenvalue weighted by atomic mass is 32.1. The average molecular weight is 250 g/mol. The Bertz CT molecular complexity index is 614. The summed E-state index contributed by atoms with van der Waals surface area (Å²) in [6.07, 6.45) is 2.05. The van der Waals surface area contributed by atoms with E-state index in [0.717, 1.165) is 46.6 Å². The van der Waals surface area contributed by atoms with Crippen LogP contribution < -0.4 is 0 Å². The molecule has 92 valence electrons. The van der Waals surface area contributed by atoms with E-state index in [9.17, 15) is 0 Å². The second-order valence-electron chi connectivity index (χ2n) is 4.49. The molecule has 0 aliphatic rings. The van der Waals surface area contributed by atoms with Crippen LogP contribution in [0, 0.1) is 4.77 Å². The Kier molecular flexibility index (Phi) is 3.19. The van der Waals surface area contributed by atoms with Gasteiger partial charge in [-0.1, -0.05) is 25.5 Å². The van der Waals surface area contributed by atoms with Crippen molar-refractivity contribution in [2.75, 3.05) is 0 Å². The van der Waals surface area contributed by atoms with Crippen molar-refractivity contribution in [3.05, 3.63) is 22.6 Å². The fraction of sp³-hybridized carbons (Fsp3) is 0.500. The second kappa shape index (κ2) is 4.49. The number of H-pyrrole nitrogens is 1. The van der Waals surface area contributed by atoms with E-state index in [1.807, 2.05) is 18.7 Å². The summed E-state index contributed by atoms with van der Waals surface area (Å²) >= 11 is 5.35. The zero-order chi connectivity index (χ0) is 12.6. The van der Waals surface area contributed by atoms with Crippen LogP contribution in [0.25, 0.3) is 11.2 Å². The van der Waals surface area contributed by atoms with Gasteiger partial charge >= 0.3 is 0 Å². The molecular weight excluding hydrogens is 232 g/mol. The molecule has 2 aromatic heterocycles. The molecule has 0 aromatic carbocycles. The standard InChI is InChI=1S/C12H18N4S/c1-5-6-9-10-11(15(4)14-9)16(7-8(2)3)12(17)13-10/h2,5-7H2,1,3-4H3,(H,13,17). The van der Waals surface area contributed by atoms with Crippen molar-refractivity contribution in [1.82, 2.24) is 19.3 Å². The van der Waals surface area contributed by atoms with Crippen LogP contribution in [0.5, 0.6) is 0 Å². The SMILES string of the molecule is C=C(C)Cn1c(=S)[nH]c2c(CCC)nn(C)c21. The topological polar surface area (TPSA) is 38.5 Å². The monoisotopic (exact) mass is 250 g/mol. The molecule has 0 atom stereocenters. The van der Waals surface area contributed by atoms with Crippen LogP contribution in [0.4, 0.5) is 0 Å². The molecule has 0 saturated heterocycles. The minimum atomic E-state index is 0.740. The zero-order valence-electron chi connectivity index (χ0n) is 10.6. The van der Waals surface area contributed by atoms with Crippen LogP contribution in [0.15, 0.2) is 12.2 Å². The largest absolute Gasteiger partial charge is 0.328 e. The Morgan fingerprint density at radius 2 is 2.24 bits per heavy atom. The Hall–Kier alpha value is -1.36. The van der Waals surface area contributed by atoms with E-state index in [1.54, 1.807) is 0 Å². The average Bonchev–Trinajstić information content (AvgIpc) is 2.69. The first kappa shape index (κ1) is 12.1. The summed E-state index contributed by atoms with van der Waals surface area (Å²) in [5.74, 6) is 0. The molecular formula is C12H18N4S. The first-order valence-corrected chi connectivity index (χ1v) is 6.24. The van der Waals surface area contributed by atoms with E-state index in [2.05, 4.69) is 28.2 Å². The number of hydrogen-bond acceptors (Lipinski definition) is 2. The lowest BCUT2D eigenvalue weighted by Gasteiger charge is -2.03. The summed E-state index contributed by atoms with van der Waals surface area (Å²) in [4.78, 5) is 3.26. The van der Waals surface area contributed by atoms with E-state index < -0.39 is 0 Å². The summed E-state index contributed by atoms with van der Waals surface area (Å²) in [6, 6.07) is 0. The smallest absolute Gasteiger partial charge is 0.179 e. The van der Waals surface area contributed by atoms with Crippen molar-refractivity contribution < 1.29 is 0 Å². The summed E-state index contributed by atoms with van der Waals surface area (Å²) in [6.45, 7) is 8.84. The van der Waals surface area contributed by atoms with Crippen LogP contribution in [0.2, 0.25) is 0 Å². The fourth-order valence-corrected chi connectivity index (χ4v) is 2.36. The lowest BCUT2D eigenvalue weighted by Crippen LogP contribution is -2.03. The Labute approximate surface area is 106 Å². The third kappa shape index (κ3) is 2.07. The fourth-order valence-electron chi connectivity index (χ4n) is 2.11. The van der Waals surface area contributed by atoms with Gasteiger partial charge in [-0.05, 0) is 25.6 Å². The molecule has 0 unspecified atom stereocenters. The van der Waals surface area contributed by atoms with Crippen LogP contribution in [-0.2, 0) is 20.0 Å². The van der Waals surface area contributed by atoms with Gasteiger partial charge in [0.2, 0.25) is 0 Å². The van der Waals surface area contributed by atoms with Gasteiger partial charge in [0, 0.05) is 13.6 Å². The van der Waals surface area contributed by atoms with Gasteiger partial charge in [0.05, 0.1) is 5.69 Å². The lowest BCUT2D eigenvalue weighted by atomic mass is 10.2. The highest BCUT2D eigenvalue weighted by molar-refractivity contribution is 7.71. The number of allylic oxidation sites excluding steroid dienone is 1. The second-order valence-corrected chi connectivity index (χ2v) is 4.88. The molecule has 1 N–H and O–H groups in total. The normalized spacial score (nSPS) is 11.2. The first-order chi connectivity index (χ1) is 8.04. The number of rotatable bonds is 4. The molecule has 0 saturated carbocycles. The van der Waals surface area contributed by atoms with Crippen molar-refractivity contribution in [2.45, 2.75) is 33.2 Å². The van der Waals surface area contributed by atoms with Gasteiger partial charge in [-0.2, -0.15) is 5.10 Å². The maximum Gasteiger partial charge on any atom is 0.179 e. The third-order valence-electron chi connectivity index (χ3n) is 2.74. The highest BCUT2D eigenvalue weighted by Gasteiger charge is 2.14. The van der Waals surface area contributed by atoms with Crippen molar-refractivity contribution in [3.8, 4) is 0 Å². The summed E-state index contributed by atoms with van der Waals surface area (Å²) in [5, 5.41) is 4.54. The molecule has 0 aliphatic carbocycles. The maximum absolute atomic E-state index is 5.35. The minimum Gasteiger partial charge on any atom is -0.328 e. The Morgan fingerprint density at radius 3 is 2.82 bits per heavy atom. The predicted octanol–water partition coefficient (Wildman–Crippen LogP) is 2.96. The Morgan fingerprint density at radius 1 is 1.53 bits per heavy atom. The molecule has 0 spiro atoms. The number of nitrogens with zero attached hydrogens (tertiary/aromatic N) is 3. The molecule has 0 radical (unpaired) electrons. The van der Waals surface area contributed by atoms with Crippen LogP contribution >= 0.6 is 12.2 Å². The van der Waals surface area contributed by atoms with E-state index in [4.69, 9.17) is 12.2 Å². The molecule has 0 aliphatic heterocycles. The van der Waals surface area contributed by atoms with E-state index in [0.29, 0.717) is 0 Å². The van der Waals surface area contributed by atoms with Gasteiger partial charge in [0.1, 0.15) is 5.52 Å². The van der Waals surface area contributed by atoms with E-state index in [-0.39, 0.29) is 0 Å². The summed E-state index contributed by atoms with van der Waals surface area (Å²) in [5.41, 5.74) is 4.30. The molecule has 4 nitrogen and oxygen atoms in total. The van der Waals surface area contributed by atoms with Crippen LogP contribution in [-0.4, -0.2) is 19.3 Å².